The van der Waals surface area contributed by atoms with Gasteiger partial charge in [0.15, 0.2) is 0 Å². The molecule has 0 amide bonds. The number of nitrogens with zero attached hydrogens (tertiary/aromatic N) is 3. The van der Waals surface area contributed by atoms with Gasteiger partial charge in [0.1, 0.15) is 0 Å². The Hall–Kier alpha value is -3.80. The number of carboxylic acid groups (broad SMARTS) is 1. The number of fused-ring (bicyclic) bond motifs is 1. The molecule has 4 aromatic rings. The second-order valence-corrected chi connectivity index (χ2v) is 6.15. The molecular weight excluding hydrogens is 342 g/mol. The maximum absolute atomic E-state index is 12.8. The van der Waals surface area contributed by atoms with Gasteiger partial charge in [-0.25, -0.2) is 9.78 Å². The van der Waals surface area contributed by atoms with Crippen molar-refractivity contribution in [3.05, 3.63) is 94.8 Å². The van der Waals surface area contributed by atoms with Crippen LogP contribution in [0.25, 0.3) is 22.0 Å². The van der Waals surface area contributed by atoms with Gasteiger partial charge >= 0.3 is 5.97 Å². The molecule has 0 aliphatic heterocycles. The molecule has 0 radical (unpaired) electrons. The maximum atomic E-state index is 12.8. The van der Waals surface area contributed by atoms with Gasteiger partial charge in [0.05, 0.1) is 29.3 Å². The number of hydrogen-bond donors (Lipinski definition) is 1. The summed E-state index contributed by atoms with van der Waals surface area (Å²) in [6.45, 7) is 0.345. The van der Waals surface area contributed by atoms with E-state index in [0.29, 0.717) is 17.4 Å². The van der Waals surface area contributed by atoms with E-state index in [-0.39, 0.29) is 11.1 Å². The Labute approximate surface area is 154 Å². The molecule has 0 spiro atoms. The molecule has 0 unspecified atom stereocenters. The first-order valence-corrected chi connectivity index (χ1v) is 8.34. The van der Waals surface area contributed by atoms with Gasteiger partial charge in [-0.05, 0) is 53.1 Å². The van der Waals surface area contributed by atoms with Gasteiger partial charge in [0.25, 0.3) is 5.56 Å². The molecule has 0 bridgehead atoms. The van der Waals surface area contributed by atoms with Crippen LogP contribution in [0, 0.1) is 0 Å². The van der Waals surface area contributed by atoms with Crippen LogP contribution in [0.1, 0.15) is 15.9 Å². The predicted octanol–water partition coefficient (Wildman–Crippen LogP) is 3.21. The summed E-state index contributed by atoms with van der Waals surface area (Å²) in [5.74, 6) is -1.07. The number of hydrogen-bond acceptors (Lipinski definition) is 4. The molecule has 6 nitrogen and oxygen atoms in total. The maximum Gasteiger partial charge on any atom is 0.335 e. The molecule has 1 N–H and O–H groups in total. The van der Waals surface area contributed by atoms with Crippen LogP contribution in [0.4, 0.5) is 0 Å². The van der Waals surface area contributed by atoms with Crippen LogP contribution in [-0.2, 0) is 6.54 Å². The molecule has 0 atom stereocenters. The molecule has 0 aliphatic rings. The van der Waals surface area contributed by atoms with E-state index in [0.717, 1.165) is 16.7 Å². The standard InChI is InChI=1S/C21H15N3O3/c25-20-18-11-17(21(26)27)4-5-19(18)23-13-24(20)12-14-2-1-3-16(10-14)15-6-8-22-9-7-15/h1-11,13H,12H2,(H,26,27). The fourth-order valence-electron chi connectivity index (χ4n) is 2.99. The van der Waals surface area contributed by atoms with Crippen molar-refractivity contribution in [3.8, 4) is 11.1 Å². The molecular formula is C21H15N3O3. The first-order chi connectivity index (χ1) is 13.1. The van der Waals surface area contributed by atoms with Crippen molar-refractivity contribution in [2.75, 3.05) is 0 Å². The van der Waals surface area contributed by atoms with Gasteiger partial charge in [-0.3, -0.25) is 14.3 Å². The van der Waals surface area contributed by atoms with E-state index in [9.17, 15) is 9.59 Å². The highest BCUT2D eigenvalue weighted by Crippen LogP contribution is 2.20. The average Bonchev–Trinajstić information content (AvgIpc) is 2.71. The second kappa shape index (κ2) is 6.84. The molecule has 0 saturated heterocycles. The fourth-order valence-corrected chi connectivity index (χ4v) is 2.99. The van der Waals surface area contributed by atoms with Gasteiger partial charge in [-0.15, -0.1) is 0 Å². The zero-order chi connectivity index (χ0) is 18.8. The number of aromatic carboxylic acids is 1. The zero-order valence-corrected chi connectivity index (χ0v) is 14.2. The van der Waals surface area contributed by atoms with E-state index in [1.165, 1.54) is 23.0 Å². The summed E-state index contributed by atoms with van der Waals surface area (Å²) in [6, 6.07) is 16.1. The average molecular weight is 357 g/mol. The first kappa shape index (κ1) is 16.7. The van der Waals surface area contributed by atoms with E-state index in [4.69, 9.17) is 5.11 Å². The summed E-state index contributed by atoms with van der Waals surface area (Å²) in [7, 11) is 0. The van der Waals surface area contributed by atoms with Crippen molar-refractivity contribution in [1.29, 1.82) is 0 Å². The monoisotopic (exact) mass is 357 g/mol. The third-order valence-corrected chi connectivity index (χ3v) is 4.36. The summed E-state index contributed by atoms with van der Waals surface area (Å²) in [4.78, 5) is 32.3. The number of carbonyl (C=O) groups is 1. The lowest BCUT2D eigenvalue weighted by Gasteiger charge is -2.09. The Bertz CT molecular complexity index is 1200. The first-order valence-electron chi connectivity index (χ1n) is 8.34. The lowest BCUT2D eigenvalue weighted by Crippen LogP contribution is -2.21. The fraction of sp³-hybridized carbons (Fsp3) is 0.0476. The van der Waals surface area contributed by atoms with Crippen molar-refractivity contribution >= 4 is 16.9 Å². The molecule has 2 aromatic carbocycles. The SMILES string of the molecule is O=C(O)c1ccc2ncn(Cc3cccc(-c4ccncc4)c3)c(=O)c2c1. The van der Waals surface area contributed by atoms with Crippen molar-refractivity contribution in [2.45, 2.75) is 6.54 Å². The number of benzene rings is 2. The Balaban J connectivity index is 1.73. The molecule has 2 heterocycles. The minimum atomic E-state index is -1.07. The Morgan fingerprint density at radius 2 is 1.81 bits per heavy atom. The molecule has 0 saturated carbocycles. The molecule has 6 heteroatoms. The summed E-state index contributed by atoms with van der Waals surface area (Å²) < 4.78 is 1.49. The summed E-state index contributed by atoms with van der Waals surface area (Å²) in [5, 5.41) is 9.44. The van der Waals surface area contributed by atoms with E-state index >= 15 is 0 Å². The smallest absolute Gasteiger partial charge is 0.335 e. The lowest BCUT2D eigenvalue weighted by atomic mass is 10.0. The van der Waals surface area contributed by atoms with Gasteiger partial charge in [0, 0.05) is 12.4 Å². The Morgan fingerprint density at radius 1 is 1.00 bits per heavy atom. The van der Waals surface area contributed by atoms with Crippen molar-refractivity contribution in [1.82, 2.24) is 14.5 Å². The Morgan fingerprint density at radius 3 is 2.59 bits per heavy atom. The van der Waals surface area contributed by atoms with Crippen molar-refractivity contribution in [2.24, 2.45) is 0 Å². The van der Waals surface area contributed by atoms with Gasteiger partial charge in [0.2, 0.25) is 0 Å². The Kier molecular flexibility index (Phi) is 4.22. The second-order valence-electron chi connectivity index (χ2n) is 6.15. The van der Waals surface area contributed by atoms with Gasteiger partial charge < -0.3 is 5.11 Å². The van der Waals surface area contributed by atoms with Crippen LogP contribution in [-0.4, -0.2) is 25.6 Å². The van der Waals surface area contributed by atoms with Crippen LogP contribution in [0.3, 0.4) is 0 Å². The van der Waals surface area contributed by atoms with E-state index in [2.05, 4.69) is 9.97 Å². The molecule has 132 valence electrons. The highest BCUT2D eigenvalue weighted by atomic mass is 16.4. The van der Waals surface area contributed by atoms with Crippen LogP contribution < -0.4 is 5.56 Å². The van der Waals surface area contributed by atoms with Crippen molar-refractivity contribution < 1.29 is 9.90 Å². The van der Waals surface area contributed by atoms with Crippen LogP contribution in [0.15, 0.2) is 78.1 Å². The highest BCUT2D eigenvalue weighted by Gasteiger charge is 2.09. The lowest BCUT2D eigenvalue weighted by molar-refractivity contribution is 0.0697. The van der Waals surface area contributed by atoms with E-state index in [1.54, 1.807) is 18.5 Å². The minimum absolute atomic E-state index is 0.0684. The van der Waals surface area contributed by atoms with Crippen LogP contribution in [0.5, 0.6) is 0 Å². The zero-order valence-electron chi connectivity index (χ0n) is 14.2. The van der Waals surface area contributed by atoms with Gasteiger partial charge in [-0.1, -0.05) is 18.2 Å². The molecule has 0 fully saturated rings. The van der Waals surface area contributed by atoms with Crippen LogP contribution in [0.2, 0.25) is 0 Å². The number of rotatable bonds is 4. The molecule has 27 heavy (non-hydrogen) atoms. The molecule has 2 aromatic heterocycles. The predicted molar refractivity (Wildman–Crippen MR) is 102 cm³/mol. The summed E-state index contributed by atoms with van der Waals surface area (Å²) in [5.41, 5.74) is 3.30. The normalized spacial score (nSPS) is 10.8. The van der Waals surface area contributed by atoms with Crippen molar-refractivity contribution in [3.63, 3.8) is 0 Å². The number of pyridine rings is 1. The summed E-state index contributed by atoms with van der Waals surface area (Å²) >= 11 is 0. The largest absolute Gasteiger partial charge is 0.478 e. The topological polar surface area (TPSA) is 85.1 Å². The molecule has 0 aliphatic carbocycles. The number of carboxylic acids is 1. The van der Waals surface area contributed by atoms with E-state index < -0.39 is 5.97 Å². The quantitative estimate of drug-likeness (QED) is 0.606. The third kappa shape index (κ3) is 3.32. The molecule has 4 rings (SSSR count). The number of aromatic nitrogens is 3. The summed E-state index contributed by atoms with van der Waals surface area (Å²) in [6.07, 6.45) is 4.96. The minimum Gasteiger partial charge on any atom is -0.478 e. The van der Waals surface area contributed by atoms with Crippen LogP contribution >= 0.6 is 0 Å². The highest BCUT2D eigenvalue weighted by molar-refractivity contribution is 5.92. The van der Waals surface area contributed by atoms with Gasteiger partial charge in [-0.2, -0.15) is 0 Å². The van der Waals surface area contributed by atoms with E-state index in [1.807, 2.05) is 36.4 Å². The third-order valence-electron chi connectivity index (χ3n) is 4.36.